The molecule has 0 bridgehead atoms. The average Bonchev–Trinajstić information content (AvgIpc) is 1.48. The quantitative estimate of drug-likeness (QED) is 0.521. The van der Waals surface area contributed by atoms with Crippen LogP contribution >= 0.6 is 18.2 Å². The molecule has 74 valence electrons. The van der Waals surface area contributed by atoms with Gasteiger partial charge in [0.25, 0.3) is 0 Å². The van der Waals surface area contributed by atoms with Crippen LogP contribution in [0.25, 0.3) is 0 Å². The van der Waals surface area contributed by atoms with Crippen LogP contribution in [0.4, 0.5) is 4.20 Å². The fourth-order valence-corrected chi connectivity index (χ4v) is 6.64. The van der Waals surface area contributed by atoms with E-state index in [4.69, 9.17) is 15.8 Å². The van der Waals surface area contributed by atoms with Crippen molar-refractivity contribution in [3.63, 3.8) is 0 Å². The molecule has 0 rings (SSSR count). The third kappa shape index (κ3) is 7.29. The molecule has 0 aliphatic carbocycles. The van der Waals surface area contributed by atoms with Crippen molar-refractivity contribution < 1.29 is 8.72 Å². The van der Waals surface area contributed by atoms with E-state index < -0.39 is 15.2 Å². The van der Waals surface area contributed by atoms with Gasteiger partial charge < -0.3 is 4.52 Å². The highest BCUT2D eigenvalue weighted by molar-refractivity contribution is 7.83. The van der Waals surface area contributed by atoms with Crippen LogP contribution < -0.4 is 0 Å². The SMILES string of the molecule is CC(C)OP(F)(Cl)=N[Si](C)(C)C. The molecule has 0 spiro atoms. The minimum absolute atomic E-state index is 0.207. The molecule has 0 aliphatic rings. The molecule has 0 aliphatic heterocycles. The molecule has 0 saturated carbocycles. The molecule has 6 heteroatoms. The molecule has 0 amide bonds. The maximum absolute atomic E-state index is 13.4. The number of hydrogen-bond donors (Lipinski definition) is 0. The van der Waals surface area contributed by atoms with Gasteiger partial charge in [-0.15, -0.1) is 0 Å². The highest BCUT2D eigenvalue weighted by Crippen LogP contribution is 2.59. The van der Waals surface area contributed by atoms with Crippen LogP contribution in [-0.2, 0) is 4.52 Å². The molecule has 0 heterocycles. The number of halogens is 2. The summed E-state index contributed by atoms with van der Waals surface area (Å²) in [5.74, 6) is 0. The zero-order chi connectivity index (χ0) is 9.99. The summed E-state index contributed by atoms with van der Waals surface area (Å²) in [5.41, 5.74) is 0. The molecule has 0 aromatic carbocycles. The Morgan fingerprint density at radius 1 is 1.42 bits per heavy atom. The second kappa shape index (κ2) is 4.23. The Labute approximate surface area is 79.6 Å². The molecular formula is C6H16ClFNOPSi. The van der Waals surface area contributed by atoms with Crippen LogP contribution in [0.15, 0.2) is 4.41 Å². The molecule has 0 aromatic rings. The van der Waals surface area contributed by atoms with E-state index in [0.29, 0.717) is 0 Å². The highest BCUT2D eigenvalue weighted by Gasteiger charge is 2.23. The fourth-order valence-electron chi connectivity index (χ4n) is 0.626. The van der Waals surface area contributed by atoms with Gasteiger partial charge in [-0.25, -0.2) is 0 Å². The van der Waals surface area contributed by atoms with Gasteiger partial charge in [-0.1, -0.05) is 0 Å². The van der Waals surface area contributed by atoms with E-state index in [2.05, 4.69) is 4.41 Å². The molecule has 12 heavy (non-hydrogen) atoms. The molecule has 0 fully saturated rings. The number of hydrogen-bond acceptors (Lipinski definition) is 2. The first kappa shape index (κ1) is 12.6. The lowest BCUT2D eigenvalue weighted by molar-refractivity contribution is 0.257. The predicted octanol–water partition coefficient (Wildman–Crippen LogP) is 4.40. The summed E-state index contributed by atoms with van der Waals surface area (Å²) in [5, 5.41) is 0. The van der Waals surface area contributed by atoms with E-state index in [0.717, 1.165) is 0 Å². The lowest BCUT2D eigenvalue weighted by Crippen LogP contribution is -2.15. The largest absolute Gasteiger partial charge is 0.338 e. The van der Waals surface area contributed by atoms with Crippen LogP contribution in [0.1, 0.15) is 13.8 Å². The first-order valence-electron chi connectivity index (χ1n) is 3.83. The van der Waals surface area contributed by atoms with Gasteiger partial charge in [0.15, 0.2) is 8.24 Å². The van der Waals surface area contributed by atoms with E-state index in [-0.39, 0.29) is 6.10 Å². The van der Waals surface area contributed by atoms with E-state index >= 15 is 0 Å². The van der Waals surface area contributed by atoms with Gasteiger partial charge in [0.1, 0.15) is 0 Å². The van der Waals surface area contributed by atoms with E-state index in [1.165, 1.54) is 0 Å². The summed E-state index contributed by atoms with van der Waals surface area (Å²) >= 11 is 5.51. The van der Waals surface area contributed by atoms with Gasteiger partial charge in [-0.3, -0.25) is 4.41 Å². The van der Waals surface area contributed by atoms with Crippen LogP contribution in [0.5, 0.6) is 0 Å². The Balaban J connectivity index is 4.49. The summed E-state index contributed by atoms with van der Waals surface area (Å²) in [6, 6.07) is 0. The van der Waals surface area contributed by atoms with Crippen LogP contribution in [-0.4, -0.2) is 14.3 Å². The highest BCUT2D eigenvalue weighted by atomic mass is 35.7. The standard InChI is InChI=1S/C6H16ClFNOPSi/c1-6(2)10-11(7,8)9-12(3,4)5/h6H,1-5H3. The van der Waals surface area contributed by atoms with Crippen molar-refractivity contribution >= 4 is 26.4 Å². The summed E-state index contributed by atoms with van der Waals surface area (Å²) < 4.78 is 22.2. The normalized spacial score (nSPS) is 17.7. The second-order valence-electron chi connectivity index (χ2n) is 3.86. The summed E-state index contributed by atoms with van der Waals surface area (Å²) in [6.45, 7) is 5.80. The lowest BCUT2D eigenvalue weighted by atomic mass is 10.5. The van der Waals surface area contributed by atoms with Crippen molar-refractivity contribution in [1.82, 2.24) is 0 Å². The topological polar surface area (TPSA) is 21.6 Å². The zero-order valence-corrected chi connectivity index (χ0v) is 10.8. The third-order valence-corrected chi connectivity index (χ3v) is 5.68. The third-order valence-electron chi connectivity index (χ3n) is 0.754. The van der Waals surface area contributed by atoms with E-state index in [1.54, 1.807) is 13.8 Å². The summed E-state index contributed by atoms with van der Waals surface area (Å²) in [7, 11) is -1.82. The second-order valence-corrected chi connectivity index (χ2v) is 11.3. The lowest BCUT2D eigenvalue weighted by Gasteiger charge is -2.16. The molecule has 0 radical (unpaired) electrons. The fraction of sp³-hybridized carbons (Fsp3) is 1.00. The van der Waals surface area contributed by atoms with Gasteiger partial charge in [0.2, 0.25) is 0 Å². The van der Waals surface area contributed by atoms with Gasteiger partial charge in [0.05, 0.1) is 6.10 Å². The maximum atomic E-state index is 13.4. The van der Waals surface area contributed by atoms with E-state index in [1.807, 2.05) is 19.6 Å². The minimum atomic E-state index is -3.46. The summed E-state index contributed by atoms with van der Waals surface area (Å²) in [6.07, 6.45) is -0.207. The van der Waals surface area contributed by atoms with Gasteiger partial charge in [-0.2, -0.15) is 4.20 Å². The Kier molecular flexibility index (Phi) is 4.45. The zero-order valence-electron chi connectivity index (χ0n) is 8.14. The Bertz CT molecular complexity index is 198. The van der Waals surface area contributed by atoms with Crippen LogP contribution in [0.2, 0.25) is 19.6 Å². The Morgan fingerprint density at radius 3 is 2.08 bits per heavy atom. The van der Waals surface area contributed by atoms with Gasteiger partial charge >= 0.3 is 6.94 Å². The van der Waals surface area contributed by atoms with Crippen molar-refractivity contribution in [1.29, 1.82) is 0 Å². The van der Waals surface area contributed by atoms with Crippen molar-refractivity contribution in [2.45, 2.75) is 39.6 Å². The molecular weight excluding hydrogens is 216 g/mol. The Morgan fingerprint density at radius 2 is 1.83 bits per heavy atom. The van der Waals surface area contributed by atoms with Crippen molar-refractivity contribution in [3.05, 3.63) is 0 Å². The van der Waals surface area contributed by atoms with Crippen LogP contribution in [0.3, 0.4) is 0 Å². The average molecular weight is 232 g/mol. The van der Waals surface area contributed by atoms with E-state index in [9.17, 15) is 4.20 Å². The molecule has 1 atom stereocenters. The minimum Gasteiger partial charge on any atom is -0.307 e. The summed E-state index contributed by atoms with van der Waals surface area (Å²) in [4.78, 5) is 0. The molecule has 0 aromatic heterocycles. The van der Waals surface area contributed by atoms with Gasteiger partial charge in [-0.05, 0) is 44.7 Å². The molecule has 0 N–H and O–H groups in total. The molecule has 1 unspecified atom stereocenters. The first-order chi connectivity index (χ1) is 5.12. The number of nitrogens with zero attached hydrogens (tertiary/aromatic N) is 1. The molecule has 0 saturated heterocycles. The van der Waals surface area contributed by atoms with Crippen molar-refractivity contribution in [3.8, 4) is 0 Å². The monoisotopic (exact) mass is 231 g/mol. The predicted molar refractivity (Wildman–Crippen MR) is 55.9 cm³/mol. The Hall–Kier alpha value is 0.627. The van der Waals surface area contributed by atoms with Crippen molar-refractivity contribution in [2.75, 3.05) is 0 Å². The van der Waals surface area contributed by atoms with Crippen LogP contribution in [0, 0.1) is 0 Å². The smallest absolute Gasteiger partial charge is 0.307 e. The van der Waals surface area contributed by atoms with Crippen molar-refractivity contribution in [2.24, 2.45) is 4.41 Å². The first-order valence-corrected chi connectivity index (χ1v) is 9.74. The number of rotatable bonds is 3. The molecule has 2 nitrogen and oxygen atoms in total. The van der Waals surface area contributed by atoms with Gasteiger partial charge in [0, 0.05) is 0 Å². The maximum Gasteiger partial charge on any atom is 0.338 e.